The van der Waals surface area contributed by atoms with Crippen LogP contribution in [0, 0.1) is 5.82 Å². The summed E-state index contributed by atoms with van der Waals surface area (Å²) >= 11 is 6.09. The largest absolute Gasteiger partial charge is 0.350 e. The highest BCUT2D eigenvalue weighted by Gasteiger charge is 2.16. The first-order valence-corrected chi connectivity index (χ1v) is 8.31. The van der Waals surface area contributed by atoms with Crippen molar-refractivity contribution >= 4 is 45.7 Å². The molecule has 1 aromatic heterocycles. The molecule has 0 fully saturated rings. The summed E-state index contributed by atoms with van der Waals surface area (Å²) in [6.07, 6.45) is 1.38. The number of anilines is 2. The van der Waals surface area contributed by atoms with E-state index >= 15 is 0 Å². The number of nitrogens with one attached hydrogen (secondary N) is 2. The normalized spacial score (nSPS) is 10.7. The van der Waals surface area contributed by atoms with Gasteiger partial charge >= 0.3 is 0 Å². The van der Waals surface area contributed by atoms with Gasteiger partial charge in [-0.25, -0.2) is 4.39 Å². The van der Waals surface area contributed by atoms with Crippen molar-refractivity contribution in [2.75, 3.05) is 10.6 Å². The van der Waals surface area contributed by atoms with E-state index in [4.69, 9.17) is 11.6 Å². The minimum atomic E-state index is -0.691. The fraction of sp³-hybridized carbons (Fsp3) is 0.105. The number of rotatable bonds is 3. The van der Waals surface area contributed by atoms with Crippen LogP contribution in [0.15, 0.2) is 47.4 Å². The summed E-state index contributed by atoms with van der Waals surface area (Å²) in [4.78, 5) is 36.4. The molecule has 0 spiro atoms. The monoisotopic (exact) mass is 387 g/mol. The minimum absolute atomic E-state index is 0.100. The number of pyridine rings is 1. The number of carbonyl (C=O) groups excluding carboxylic acids is 2. The lowest BCUT2D eigenvalue weighted by Crippen LogP contribution is -2.23. The lowest BCUT2D eigenvalue weighted by molar-refractivity contribution is -0.114. The van der Waals surface area contributed by atoms with Gasteiger partial charge in [0.15, 0.2) is 0 Å². The number of aromatic nitrogens is 1. The predicted octanol–water partition coefficient (Wildman–Crippen LogP) is 3.54. The fourth-order valence-electron chi connectivity index (χ4n) is 2.72. The maximum atomic E-state index is 13.5. The number of nitrogens with zero attached hydrogens (tertiary/aromatic N) is 1. The van der Waals surface area contributed by atoms with Gasteiger partial charge in [0, 0.05) is 31.2 Å². The van der Waals surface area contributed by atoms with E-state index in [1.165, 1.54) is 37.4 Å². The third kappa shape index (κ3) is 3.83. The molecule has 6 nitrogen and oxygen atoms in total. The number of hydrogen-bond acceptors (Lipinski definition) is 3. The topological polar surface area (TPSA) is 80.2 Å². The molecule has 0 saturated carbocycles. The zero-order valence-corrected chi connectivity index (χ0v) is 15.2. The summed E-state index contributed by atoms with van der Waals surface area (Å²) < 4.78 is 15.1. The highest BCUT2D eigenvalue weighted by Crippen LogP contribution is 2.26. The molecule has 0 saturated heterocycles. The molecule has 8 heteroatoms. The quantitative estimate of drug-likeness (QED) is 0.721. The third-order valence-electron chi connectivity index (χ3n) is 3.93. The van der Waals surface area contributed by atoms with Gasteiger partial charge in [-0.1, -0.05) is 11.6 Å². The number of amides is 2. The van der Waals surface area contributed by atoms with Crippen LogP contribution in [0.1, 0.15) is 17.3 Å². The summed E-state index contributed by atoms with van der Waals surface area (Å²) in [6, 6.07) is 8.38. The first-order valence-electron chi connectivity index (χ1n) is 7.93. The van der Waals surface area contributed by atoms with Gasteiger partial charge in [0.1, 0.15) is 11.4 Å². The zero-order valence-electron chi connectivity index (χ0n) is 14.5. The van der Waals surface area contributed by atoms with E-state index in [9.17, 15) is 18.8 Å². The second kappa shape index (κ2) is 7.20. The van der Waals surface area contributed by atoms with Crippen molar-refractivity contribution in [2.45, 2.75) is 6.92 Å². The predicted molar refractivity (Wildman–Crippen MR) is 103 cm³/mol. The molecule has 27 heavy (non-hydrogen) atoms. The van der Waals surface area contributed by atoms with Crippen LogP contribution < -0.4 is 16.1 Å². The Morgan fingerprint density at radius 2 is 1.85 bits per heavy atom. The zero-order chi connectivity index (χ0) is 19.7. The lowest BCUT2D eigenvalue weighted by atomic mass is 10.1. The van der Waals surface area contributed by atoms with Crippen LogP contribution in [0.25, 0.3) is 10.9 Å². The molecule has 3 rings (SSSR count). The Morgan fingerprint density at radius 1 is 1.11 bits per heavy atom. The van der Waals surface area contributed by atoms with Gasteiger partial charge in [-0.15, -0.1) is 0 Å². The average molecular weight is 388 g/mol. The van der Waals surface area contributed by atoms with Crippen LogP contribution >= 0.6 is 11.6 Å². The van der Waals surface area contributed by atoms with Crippen LogP contribution in [0.2, 0.25) is 5.02 Å². The van der Waals surface area contributed by atoms with Gasteiger partial charge in [-0.2, -0.15) is 0 Å². The third-order valence-corrected chi connectivity index (χ3v) is 4.26. The van der Waals surface area contributed by atoms with E-state index in [1.54, 1.807) is 17.7 Å². The highest BCUT2D eigenvalue weighted by molar-refractivity contribution is 6.34. The molecule has 2 aromatic carbocycles. The molecule has 0 bridgehead atoms. The van der Waals surface area contributed by atoms with Crippen molar-refractivity contribution in [3.8, 4) is 0 Å². The number of carbonyl (C=O) groups is 2. The second-order valence-electron chi connectivity index (χ2n) is 5.97. The molecular weight excluding hydrogens is 373 g/mol. The molecule has 138 valence electrons. The molecule has 2 N–H and O–H groups in total. The van der Waals surface area contributed by atoms with E-state index < -0.39 is 17.2 Å². The Labute approximate surface area is 158 Å². The highest BCUT2D eigenvalue weighted by atomic mass is 35.5. The van der Waals surface area contributed by atoms with Gasteiger partial charge in [0.2, 0.25) is 11.3 Å². The van der Waals surface area contributed by atoms with Crippen molar-refractivity contribution in [1.82, 2.24) is 4.57 Å². The number of hydrogen-bond donors (Lipinski definition) is 2. The van der Waals surface area contributed by atoms with Crippen LogP contribution in [-0.4, -0.2) is 16.4 Å². The van der Waals surface area contributed by atoms with E-state index in [0.29, 0.717) is 11.2 Å². The maximum absolute atomic E-state index is 13.5. The molecular formula is C19H15ClFN3O3. The van der Waals surface area contributed by atoms with E-state index in [2.05, 4.69) is 10.6 Å². The number of benzene rings is 2. The molecule has 0 radical (unpaired) electrons. The standard InChI is InChI=1S/C19H15ClFN3O3/c1-10(25)22-12-4-5-15(20)16(8-12)23-19(27)14-9-24(2)17-6-3-11(21)7-13(17)18(14)26/h3-9H,1-2H3,(H,22,25)(H,23,27). The van der Waals surface area contributed by atoms with Gasteiger partial charge < -0.3 is 15.2 Å². The van der Waals surface area contributed by atoms with Crippen LogP contribution in [0.4, 0.5) is 15.8 Å². The Balaban J connectivity index is 2.01. The second-order valence-corrected chi connectivity index (χ2v) is 6.38. The van der Waals surface area contributed by atoms with Gasteiger partial charge in [-0.05, 0) is 36.4 Å². The molecule has 0 aliphatic rings. The van der Waals surface area contributed by atoms with Crippen molar-refractivity contribution in [3.05, 3.63) is 69.2 Å². The van der Waals surface area contributed by atoms with E-state index in [0.717, 1.165) is 6.07 Å². The molecule has 0 atom stereocenters. The van der Waals surface area contributed by atoms with Crippen LogP contribution in [0.3, 0.4) is 0 Å². The number of fused-ring (bicyclic) bond motifs is 1. The van der Waals surface area contributed by atoms with Crippen LogP contribution in [-0.2, 0) is 11.8 Å². The molecule has 0 unspecified atom stereocenters. The van der Waals surface area contributed by atoms with Crippen molar-refractivity contribution < 1.29 is 14.0 Å². The molecule has 1 heterocycles. The summed E-state index contributed by atoms with van der Waals surface area (Å²) in [5.41, 5.74) is 0.430. The Morgan fingerprint density at radius 3 is 2.56 bits per heavy atom. The Kier molecular flexibility index (Phi) is 4.96. The van der Waals surface area contributed by atoms with Crippen molar-refractivity contribution in [2.24, 2.45) is 7.05 Å². The molecule has 3 aromatic rings. The Hall–Kier alpha value is -3.19. The smallest absolute Gasteiger partial charge is 0.261 e. The van der Waals surface area contributed by atoms with E-state index in [1.807, 2.05) is 0 Å². The SMILES string of the molecule is CC(=O)Nc1ccc(Cl)c(NC(=O)c2cn(C)c3ccc(F)cc3c2=O)c1. The first kappa shape index (κ1) is 18.6. The summed E-state index contributed by atoms with van der Waals surface area (Å²) in [5, 5.41) is 5.48. The number of aryl methyl sites for hydroxylation is 1. The number of halogens is 2. The van der Waals surface area contributed by atoms with Crippen LogP contribution in [0.5, 0.6) is 0 Å². The van der Waals surface area contributed by atoms with Crippen molar-refractivity contribution in [3.63, 3.8) is 0 Å². The molecule has 2 amide bonds. The van der Waals surface area contributed by atoms with Gasteiger partial charge in [-0.3, -0.25) is 14.4 Å². The lowest BCUT2D eigenvalue weighted by Gasteiger charge is -2.12. The minimum Gasteiger partial charge on any atom is -0.350 e. The fourth-order valence-corrected chi connectivity index (χ4v) is 2.88. The summed E-state index contributed by atoms with van der Waals surface area (Å²) in [5.74, 6) is -1.54. The van der Waals surface area contributed by atoms with Crippen molar-refractivity contribution in [1.29, 1.82) is 0 Å². The molecule has 0 aliphatic heterocycles. The first-order chi connectivity index (χ1) is 12.8. The van der Waals surface area contributed by atoms with Gasteiger partial charge in [0.05, 0.1) is 16.2 Å². The average Bonchev–Trinajstić information content (AvgIpc) is 2.60. The Bertz CT molecular complexity index is 1140. The summed E-state index contributed by atoms with van der Waals surface area (Å²) in [7, 11) is 1.65. The van der Waals surface area contributed by atoms with E-state index in [-0.39, 0.29) is 27.6 Å². The van der Waals surface area contributed by atoms with Gasteiger partial charge in [0.25, 0.3) is 5.91 Å². The summed E-state index contributed by atoms with van der Waals surface area (Å²) in [6.45, 7) is 1.35. The maximum Gasteiger partial charge on any atom is 0.261 e. The molecule has 0 aliphatic carbocycles.